The summed E-state index contributed by atoms with van der Waals surface area (Å²) in [6, 6.07) is 8.76. The van der Waals surface area contributed by atoms with Crippen molar-refractivity contribution in [3.05, 3.63) is 54.5 Å². The predicted octanol–water partition coefficient (Wildman–Crippen LogP) is 2.22. The van der Waals surface area contributed by atoms with Crippen LogP contribution in [0.3, 0.4) is 0 Å². The van der Waals surface area contributed by atoms with Gasteiger partial charge in [-0.3, -0.25) is 9.59 Å². The zero-order valence-electron chi connectivity index (χ0n) is 16.7. The van der Waals surface area contributed by atoms with E-state index in [9.17, 15) is 9.59 Å². The molecule has 5 rings (SSSR count). The van der Waals surface area contributed by atoms with Crippen molar-refractivity contribution >= 4 is 17.5 Å². The molecule has 2 aromatic rings. The van der Waals surface area contributed by atoms with Crippen molar-refractivity contribution in [2.75, 3.05) is 26.1 Å². The first-order chi connectivity index (χ1) is 14.5. The minimum Gasteiger partial charge on any atom is -0.497 e. The monoisotopic (exact) mass is 410 g/mol. The average Bonchev–Trinajstić information content (AvgIpc) is 3.52. The molecule has 3 aliphatic heterocycles. The Hall–Kier alpha value is -3.26. The second-order valence-corrected chi connectivity index (χ2v) is 7.73. The Bertz CT molecular complexity index is 1020. The normalized spacial score (nSPS) is 28.7. The Morgan fingerprint density at radius 1 is 1.30 bits per heavy atom. The van der Waals surface area contributed by atoms with E-state index in [2.05, 4.69) is 5.32 Å². The molecule has 1 aromatic carbocycles. The first-order valence-electron chi connectivity index (χ1n) is 9.76. The average molecular weight is 410 g/mol. The number of furan rings is 1. The third kappa shape index (κ3) is 2.79. The third-order valence-electron chi connectivity index (χ3n) is 6.07. The number of rotatable bonds is 6. The van der Waals surface area contributed by atoms with Crippen LogP contribution in [0.4, 0.5) is 5.69 Å². The van der Waals surface area contributed by atoms with E-state index in [1.54, 1.807) is 42.5 Å². The molecule has 8 heteroatoms. The third-order valence-corrected chi connectivity index (χ3v) is 6.07. The van der Waals surface area contributed by atoms with E-state index in [-0.39, 0.29) is 11.8 Å². The van der Waals surface area contributed by atoms with Gasteiger partial charge in [-0.1, -0.05) is 12.2 Å². The summed E-state index contributed by atoms with van der Waals surface area (Å²) in [6.45, 7) is 0.756. The van der Waals surface area contributed by atoms with Crippen molar-refractivity contribution in [3.63, 3.8) is 0 Å². The lowest BCUT2D eigenvalue weighted by atomic mass is 9.76. The molecule has 3 aliphatic rings. The standard InChI is InChI=1S/C22H22N2O6/c1-27-13-5-6-15(17(10-13)28-2)23-20(25)18-16-7-8-22(30-16)12-24(21(26)19(18)22)11-14-4-3-9-29-14/h3-10,16,18-19H,11-12H2,1-2H3,(H,23,25)/t16-,18-,19+,22-/m0/s1. The smallest absolute Gasteiger partial charge is 0.231 e. The highest BCUT2D eigenvalue weighted by Crippen LogP contribution is 2.52. The number of fused-ring (bicyclic) bond motifs is 1. The van der Waals surface area contributed by atoms with Gasteiger partial charge in [0.25, 0.3) is 0 Å². The molecule has 4 atom stereocenters. The second-order valence-electron chi connectivity index (χ2n) is 7.73. The van der Waals surface area contributed by atoms with E-state index in [0.29, 0.717) is 36.0 Å². The first kappa shape index (κ1) is 18.7. The summed E-state index contributed by atoms with van der Waals surface area (Å²) < 4.78 is 22.1. The maximum Gasteiger partial charge on any atom is 0.231 e. The van der Waals surface area contributed by atoms with Crippen LogP contribution in [0.5, 0.6) is 11.5 Å². The zero-order valence-corrected chi connectivity index (χ0v) is 16.7. The molecule has 1 N–H and O–H groups in total. The number of nitrogens with zero attached hydrogens (tertiary/aromatic N) is 1. The molecule has 1 aromatic heterocycles. The Morgan fingerprint density at radius 3 is 2.90 bits per heavy atom. The second kappa shape index (κ2) is 6.91. The summed E-state index contributed by atoms with van der Waals surface area (Å²) in [6.07, 6.45) is 4.97. The van der Waals surface area contributed by atoms with Gasteiger partial charge in [0.15, 0.2) is 0 Å². The zero-order chi connectivity index (χ0) is 20.9. The van der Waals surface area contributed by atoms with Crippen LogP contribution in [0.1, 0.15) is 5.76 Å². The number of ether oxygens (including phenoxy) is 3. The molecule has 0 unspecified atom stereocenters. The molecule has 8 nitrogen and oxygen atoms in total. The molecule has 2 amide bonds. The van der Waals surface area contributed by atoms with Crippen LogP contribution < -0.4 is 14.8 Å². The van der Waals surface area contributed by atoms with Crippen LogP contribution in [0.25, 0.3) is 0 Å². The quantitative estimate of drug-likeness (QED) is 0.735. The molecule has 0 aliphatic carbocycles. The van der Waals surface area contributed by atoms with E-state index in [4.69, 9.17) is 18.6 Å². The van der Waals surface area contributed by atoms with Crippen LogP contribution in [-0.4, -0.2) is 49.2 Å². The highest BCUT2D eigenvalue weighted by molar-refractivity contribution is 6.00. The summed E-state index contributed by atoms with van der Waals surface area (Å²) in [5.41, 5.74) is -0.248. The van der Waals surface area contributed by atoms with Gasteiger partial charge in [-0.2, -0.15) is 0 Å². The topological polar surface area (TPSA) is 90.2 Å². The molecular formula is C22H22N2O6. The minimum absolute atomic E-state index is 0.0971. The number of carbonyl (C=O) groups excluding carboxylic acids is 2. The van der Waals surface area contributed by atoms with Gasteiger partial charge < -0.3 is 28.8 Å². The van der Waals surface area contributed by atoms with Crippen LogP contribution >= 0.6 is 0 Å². The Kier molecular flexibility index (Phi) is 4.32. The molecular weight excluding hydrogens is 388 g/mol. The van der Waals surface area contributed by atoms with Gasteiger partial charge in [-0.15, -0.1) is 0 Å². The number of benzene rings is 1. The molecule has 0 saturated carbocycles. The lowest BCUT2D eigenvalue weighted by Crippen LogP contribution is -2.41. The van der Waals surface area contributed by atoms with Crippen molar-refractivity contribution in [2.24, 2.45) is 11.8 Å². The number of methoxy groups -OCH3 is 2. The van der Waals surface area contributed by atoms with E-state index in [1.807, 2.05) is 18.2 Å². The van der Waals surface area contributed by atoms with Gasteiger partial charge in [0.05, 0.1) is 57.2 Å². The van der Waals surface area contributed by atoms with E-state index in [0.717, 1.165) is 0 Å². The summed E-state index contributed by atoms with van der Waals surface area (Å²) in [4.78, 5) is 28.2. The predicted molar refractivity (Wildman–Crippen MR) is 106 cm³/mol. The summed E-state index contributed by atoms with van der Waals surface area (Å²) in [5, 5.41) is 2.91. The van der Waals surface area contributed by atoms with Gasteiger partial charge in [0.1, 0.15) is 22.9 Å². The van der Waals surface area contributed by atoms with Gasteiger partial charge in [-0.05, 0) is 24.3 Å². The molecule has 30 heavy (non-hydrogen) atoms. The number of hydrogen-bond acceptors (Lipinski definition) is 6. The van der Waals surface area contributed by atoms with Crippen LogP contribution in [0.2, 0.25) is 0 Å². The van der Waals surface area contributed by atoms with Crippen molar-refractivity contribution in [3.8, 4) is 11.5 Å². The van der Waals surface area contributed by atoms with Crippen molar-refractivity contribution in [1.29, 1.82) is 0 Å². The molecule has 2 bridgehead atoms. The highest BCUT2D eigenvalue weighted by Gasteiger charge is 2.66. The summed E-state index contributed by atoms with van der Waals surface area (Å²) in [7, 11) is 3.08. The van der Waals surface area contributed by atoms with Gasteiger partial charge >= 0.3 is 0 Å². The lowest BCUT2D eigenvalue weighted by Gasteiger charge is -2.24. The molecule has 2 fully saturated rings. The molecule has 0 radical (unpaired) electrons. The lowest BCUT2D eigenvalue weighted by molar-refractivity contribution is -0.136. The van der Waals surface area contributed by atoms with E-state index >= 15 is 0 Å². The number of anilines is 1. The number of likely N-dealkylation sites (tertiary alicyclic amines) is 1. The number of nitrogens with one attached hydrogen (secondary N) is 1. The molecule has 1 spiro atoms. The molecule has 2 saturated heterocycles. The summed E-state index contributed by atoms with van der Waals surface area (Å²) in [5.74, 6) is 0.251. The van der Waals surface area contributed by atoms with Gasteiger partial charge in [0.2, 0.25) is 11.8 Å². The minimum atomic E-state index is -0.764. The van der Waals surface area contributed by atoms with Crippen LogP contribution in [0.15, 0.2) is 53.2 Å². The highest BCUT2D eigenvalue weighted by atomic mass is 16.5. The first-order valence-corrected chi connectivity index (χ1v) is 9.76. The fraction of sp³-hybridized carbons (Fsp3) is 0.364. The molecule has 4 heterocycles. The number of carbonyl (C=O) groups is 2. The SMILES string of the molecule is COc1ccc(NC(=O)[C@H]2[C@@H]3C=C[C@@]4(CN(Cc5ccco5)C(=O)[C@@H]24)O3)c(OC)c1. The Morgan fingerprint density at radius 2 is 2.17 bits per heavy atom. The van der Waals surface area contributed by atoms with Crippen molar-refractivity contribution in [1.82, 2.24) is 4.90 Å². The van der Waals surface area contributed by atoms with Crippen molar-refractivity contribution in [2.45, 2.75) is 18.2 Å². The maximum absolute atomic E-state index is 13.2. The van der Waals surface area contributed by atoms with Crippen LogP contribution in [-0.2, 0) is 20.9 Å². The fourth-order valence-corrected chi connectivity index (χ4v) is 4.72. The van der Waals surface area contributed by atoms with Crippen molar-refractivity contribution < 1.29 is 28.2 Å². The number of hydrogen-bond donors (Lipinski definition) is 1. The van der Waals surface area contributed by atoms with Gasteiger partial charge in [-0.25, -0.2) is 0 Å². The van der Waals surface area contributed by atoms with E-state index in [1.165, 1.54) is 7.11 Å². The largest absolute Gasteiger partial charge is 0.497 e. The Labute approximate surface area is 173 Å². The number of amides is 2. The van der Waals surface area contributed by atoms with Gasteiger partial charge in [0, 0.05) is 6.07 Å². The molecule has 156 valence electrons. The Balaban J connectivity index is 1.38. The van der Waals surface area contributed by atoms with E-state index < -0.39 is 23.5 Å². The van der Waals surface area contributed by atoms with Crippen LogP contribution in [0, 0.1) is 11.8 Å². The summed E-state index contributed by atoms with van der Waals surface area (Å²) >= 11 is 0. The fourth-order valence-electron chi connectivity index (χ4n) is 4.72. The maximum atomic E-state index is 13.2.